The van der Waals surface area contributed by atoms with Crippen molar-refractivity contribution in [3.8, 4) is 5.75 Å². The quantitative estimate of drug-likeness (QED) is 0.674. The van der Waals surface area contributed by atoms with Gasteiger partial charge in [-0.25, -0.2) is 8.42 Å². The zero-order chi connectivity index (χ0) is 20.7. The summed E-state index contributed by atoms with van der Waals surface area (Å²) in [4.78, 5) is 16.5. The van der Waals surface area contributed by atoms with Gasteiger partial charge in [0.1, 0.15) is 5.75 Å². The van der Waals surface area contributed by atoms with E-state index >= 15 is 0 Å². The number of carbonyl (C=O) groups excluding carboxylic acids is 1. The Kier molecular flexibility index (Phi) is 7.48. The van der Waals surface area contributed by atoms with E-state index in [-0.39, 0.29) is 16.6 Å². The van der Waals surface area contributed by atoms with Gasteiger partial charge in [-0.2, -0.15) is 4.31 Å². The number of anilines is 1. The van der Waals surface area contributed by atoms with Crippen LogP contribution in [-0.2, 0) is 25.3 Å². The van der Waals surface area contributed by atoms with Crippen molar-refractivity contribution in [1.82, 2.24) is 9.29 Å². The fraction of sp³-hybridized carbons (Fsp3) is 0.368. The van der Waals surface area contributed by atoms with E-state index in [0.717, 1.165) is 5.56 Å². The van der Waals surface area contributed by atoms with Crippen LogP contribution in [0.2, 0.25) is 0 Å². The second-order valence-corrected chi connectivity index (χ2v) is 9.20. The number of thioether (sulfide) groups is 1. The normalized spacial score (nSPS) is 15.1. The van der Waals surface area contributed by atoms with Gasteiger partial charge < -0.3 is 14.8 Å². The number of nitrogens with one attached hydrogen (secondary N) is 1. The number of aromatic nitrogens is 1. The van der Waals surface area contributed by atoms with Crippen LogP contribution in [-0.4, -0.2) is 62.8 Å². The summed E-state index contributed by atoms with van der Waals surface area (Å²) in [5.41, 5.74) is 1.36. The van der Waals surface area contributed by atoms with Crippen molar-refractivity contribution in [3.63, 3.8) is 0 Å². The lowest BCUT2D eigenvalue weighted by Gasteiger charge is -2.26. The molecule has 0 saturated carbocycles. The molecule has 1 N–H and O–H groups in total. The van der Waals surface area contributed by atoms with E-state index in [9.17, 15) is 13.2 Å². The number of hydrogen-bond acceptors (Lipinski definition) is 7. The van der Waals surface area contributed by atoms with Gasteiger partial charge in [-0.05, 0) is 29.8 Å². The summed E-state index contributed by atoms with van der Waals surface area (Å²) in [6, 6.07) is 8.26. The third kappa shape index (κ3) is 5.69. The predicted octanol–water partition coefficient (Wildman–Crippen LogP) is 1.98. The fourth-order valence-electron chi connectivity index (χ4n) is 2.81. The van der Waals surface area contributed by atoms with E-state index in [4.69, 9.17) is 9.47 Å². The average Bonchev–Trinajstić information content (AvgIpc) is 2.75. The van der Waals surface area contributed by atoms with E-state index in [2.05, 4.69) is 10.3 Å². The van der Waals surface area contributed by atoms with Crippen LogP contribution in [0.3, 0.4) is 0 Å². The number of sulfonamides is 1. The van der Waals surface area contributed by atoms with Gasteiger partial charge in [0.05, 0.1) is 36.7 Å². The molecule has 1 aromatic heterocycles. The molecule has 1 aliphatic rings. The maximum atomic E-state index is 12.9. The number of rotatable bonds is 8. The maximum absolute atomic E-state index is 12.9. The highest BCUT2D eigenvalue weighted by Gasteiger charge is 2.27. The van der Waals surface area contributed by atoms with Crippen LogP contribution < -0.4 is 10.1 Å². The van der Waals surface area contributed by atoms with Gasteiger partial charge >= 0.3 is 0 Å². The first-order chi connectivity index (χ1) is 14.0. The molecule has 0 aliphatic carbocycles. The third-order valence-electron chi connectivity index (χ3n) is 4.28. The molecule has 1 aromatic carbocycles. The van der Waals surface area contributed by atoms with Gasteiger partial charge in [0, 0.05) is 31.2 Å². The highest BCUT2D eigenvalue weighted by atomic mass is 32.2. The van der Waals surface area contributed by atoms with Gasteiger partial charge in [0.25, 0.3) is 0 Å². The van der Waals surface area contributed by atoms with E-state index in [1.165, 1.54) is 35.3 Å². The lowest BCUT2D eigenvalue weighted by molar-refractivity contribution is -0.113. The maximum Gasteiger partial charge on any atom is 0.243 e. The molecule has 1 amide bonds. The number of ether oxygens (including phenoxy) is 2. The Morgan fingerprint density at radius 3 is 2.79 bits per heavy atom. The summed E-state index contributed by atoms with van der Waals surface area (Å²) in [6.45, 7) is 1.35. The smallest absolute Gasteiger partial charge is 0.243 e. The summed E-state index contributed by atoms with van der Waals surface area (Å²) in [5.74, 6) is 1.04. The molecule has 0 spiro atoms. The molecule has 2 aromatic rings. The standard InChI is InChI=1S/C19H23N3O5S2/c1-26-18-5-4-16(29(24,25)22-7-9-27-10-8-22)11-17(18)21-19(23)14-28-13-15-3-2-6-20-12-15/h2-6,11-12H,7-10,13-14H2,1H3,(H,21,23). The molecule has 29 heavy (non-hydrogen) atoms. The second-order valence-electron chi connectivity index (χ2n) is 6.28. The Morgan fingerprint density at radius 1 is 1.31 bits per heavy atom. The first kappa shape index (κ1) is 21.6. The number of benzene rings is 1. The molecular weight excluding hydrogens is 414 g/mol. The van der Waals surface area contributed by atoms with Gasteiger partial charge in [0.15, 0.2) is 0 Å². The first-order valence-electron chi connectivity index (χ1n) is 9.03. The average molecular weight is 438 g/mol. The Bertz CT molecular complexity index is 932. The topological polar surface area (TPSA) is 97.8 Å². The Hall–Kier alpha value is -2.14. The Balaban J connectivity index is 1.67. The summed E-state index contributed by atoms with van der Waals surface area (Å²) in [6.07, 6.45) is 3.46. The van der Waals surface area contributed by atoms with E-state index in [1.807, 2.05) is 12.1 Å². The monoisotopic (exact) mass is 437 g/mol. The van der Waals surface area contributed by atoms with Crippen molar-refractivity contribution < 1.29 is 22.7 Å². The number of morpholine rings is 1. The fourth-order valence-corrected chi connectivity index (χ4v) is 5.01. The minimum absolute atomic E-state index is 0.110. The molecule has 156 valence electrons. The number of carbonyl (C=O) groups is 1. The van der Waals surface area contributed by atoms with Gasteiger partial charge in [-0.1, -0.05) is 6.07 Å². The third-order valence-corrected chi connectivity index (χ3v) is 7.18. The lowest BCUT2D eigenvalue weighted by Crippen LogP contribution is -2.40. The zero-order valence-electron chi connectivity index (χ0n) is 16.0. The van der Waals surface area contributed by atoms with Crippen LogP contribution in [0.4, 0.5) is 5.69 Å². The molecule has 3 rings (SSSR count). The number of hydrogen-bond donors (Lipinski definition) is 1. The zero-order valence-corrected chi connectivity index (χ0v) is 17.7. The van der Waals surface area contributed by atoms with Crippen molar-refractivity contribution in [2.45, 2.75) is 10.6 Å². The first-order valence-corrected chi connectivity index (χ1v) is 11.6. The molecule has 0 unspecified atom stereocenters. The molecule has 0 atom stereocenters. The number of amides is 1. The minimum atomic E-state index is -3.66. The van der Waals surface area contributed by atoms with Crippen molar-refractivity contribution in [3.05, 3.63) is 48.3 Å². The van der Waals surface area contributed by atoms with Crippen molar-refractivity contribution in [2.75, 3.05) is 44.5 Å². The van der Waals surface area contributed by atoms with E-state index in [0.29, 0.717) is 43.5 Å². The van der Waals surface area contributed by atoms with Crippen LogP contribution in [0.1, 0.15) is 5.56 Å². The molecule has 1 fully saturated rings. The molecule has 1 saturated heterocycles. The van der Waals surface area contributed by atoms with Crippen LogP contribution in [0, 0.1) is 0 Å². The number of pyridine rings is 1. The van der Waals surface area contributed by atoms with Crippen molar-refractivity contribution in [1.29, 1.82) is 0 Å². The van der Waals surface area contributed by atoms with E-state index < -0.39 is 10.0 Å². The number of methoxy groups -OCH3 is 1. The van der Waals surface area contributed by atoms with Crippen LogP contribution in [0.5, 0.6) is 5.75 Å². The molecule has 8 nitrogen and oxygen atoms in total. The molecule has 0 bridgehead atoms. The molecule has 1 aliphatic heterocycles. The van der Waals surface area contributed by atoms with E-state index in [1.54, 1.807) is 18.5 Å². The lowest BCUT2D eigenvalue weighted by atomic mass is 10.3. The van der Waals surface area contributed by atoms with Crippen LogP contribution >= 0.6 is 11.8 Å². The van der Waals surface area contributed by atoms with Crippen molar-refractivity contribution in [2.24, 2.45) is 0 Å². The molecule has 10 heteroatoms. The molecular formula is C19H23N3O5S2. The largest absolute Gasteiger partial charge is 0.495 e. The Labute approximate surface area is 174 Å². The summed E-state index contributed by atoms with van der Waals surface area (Å²) in [7, 11) is -2.19. The van der Waals surface area contributed by atoms with Crippen molar-refractivity contribution >= 4 is 33.4 Å². The van der Waals surface area contributed by atoms with Gasteiger partial charge in [-0.3, -0.25) is 9.78 Å². The van der Waals surface area contributed by atoms with Crippen LogP contribution in [0.25, 0.3) is 0 Å². The highest BCUT2D eigenvalue weighted by molar-refractivity contribution is 7.99. The van der Waals surface area contributed by atoms with Crippen LogP contribution in [0.15, 0.2) is 47.6 Å². The second kappa shape index (κ2) is 10.1. The van der Waals surface area contributed by atoms with Gasteiger partial charge in [0.2, 0.25) is 15.9 Å². The predicted molar refractivity (Wildman–Crippen MR) is 112 cm³/mol. The minimum Gasteiger partial charge on any atom is -0.495 e. The van der Waals surface area contributed by atoms with Gasteiger partial charge in [-0.15, -0.1) is 11.8 Å². The SMILES string of the molecule is COc1ccc(S(=O)(=O)N2CCOCC2)cc1NC(=O)CSCc1cccnc1. The molecule has 0 radical (unpaired) electrons. The highest BCUT2D eigenvalue weighted by Crippen LogP contribution is 2.29. The summed E-state index contributed by atoms with van der Waals surface area (Å²) < 4.78 is 37.6. The molecule has 2 heterocycles. The number of nitrogens with zero attached hydrogens (tertiary/aromatic N) is 2. The Morgan fingerprint density at radius 2 is 2.10 bits per heavy atom. The summed E-state index contributed by atoms with van der Waals surface area (Å²) in [5, 5.41) is 2.76. The summed E-state index contributed by atoms with van der Waals surface area (Å²) >= 11 is 1.45.